The van der Waals surface area contributed by atoms with Gasteiger partial charge in [0.25, 0.3) is 0 Å². The van der Waals surface area contributed by atoms with Crippen LogP contribution in [0.2, 0.25) is 0 Å². The Labute approximate surface area is 238 Å². The molecule has 38 heavy (non-hydrogen) atoms. The summed E-state index contributed by atoms with van der Waals surface area (Å²) in [7, 11) is 0. The Morgan fingerprint density at radius 3 is 1.42 bits per heavy atom. The average Bonchev–Trinajstić information content (AvgIpc) is 2.95. The molecule has 0 nitrogen and oxygen atoms in total. The fourth-order valence-electron chi connectivity index (χ4n) is 5.96. The monoisotopic (exact) mass is 518 g/mol. The first-order valence-corrected chi connectivity index (χ1v) is 17.0. The second-order valence-corrected chi connectivity index (χ2v) is 11.9. The molecule has 0 unspecified atom stereocenters. The number of rotatable bonds is 24. The number of hydrogen-bond donors (Lipinski definition) is 0. The highest BCUT2D eigenvalue weighted by Crippen LogP contribution is 2.32. The molecular formula is C38H62. The lowest BCUT2D eigenvalue weighted by Gasteiger charge is -2.17. The molecule has 2 aromatic rings. The molecule has 0 radical (unpaired) electrons. The summed E-state index contributed by atoms with van der Waals surface area (Å²) >= 11 is 0. The van der Waals surface area contributed by atoms with Crippen LogP contribution in [0.25, 0.3) is 16.3 Å². The van der Waals surface area contributed by atoms with Crippen LogP contribution in [0.15, 0.2) is 48.0 Å². The minimum Gasteiger partial charge on any atom is -0.0664 e. The number of fused-ring (bicyclic) bond motifs is 1. The highest BCUT2D eigenvalue weighted by atomic mass is 14.2. The minimum atomic E-state index is 1.24. The Balaban J connectivity index is 1.71. The Bertz CT molecular complexity index is 857. The van der Waals surface area contributed by atoms with Gasteiger partial charge in [0.15, 0.2) is 0 Å². The lowest BCUT2D eigenvalue weighted by Crippen LogP contribution is -1.96. The van der Waals surface area contributed by atoms with E-state index >= 15 is 0 Å². The predicted octanol–water partition coefficient (Wildman–Crippen LogP) is 13.6. The number of benzene rings is 2. The number of hydrogen-bond acceptors (Lipinski definition) is 0. The molecule has 0 aliphatic carbocycles. The lowest BCUT2D eigenvalue weighted by molar-refractivity contribution is 0.529. The first-order chi connectivity index (χ1) is 18.8. The summed E-state index contributed by atoms with van der Waals surface area (Å²) in [5, 5.41) is 2.75. The number of unbranched alkanes of at least 4 members (excludes halogenated alkanes) is 17. The maximum absolute atomic E-state index is 2.46. The van der Waals surface area contributed by atoms with E-state index in [1.54, 1.807) is 11.1 Å². The van der Waals surface area contributed by atoms with Crippen LogP contribution in [0.4, 0.5) is 0 Å². The van der Waals surface area contributed by atoms with Gasteiger partial charge in [0.2, 0.25) is 0 Å². The van der Waals surface area contributed by atoms with Crippen LogP contribution in [0, 0.1) is 0 Å². The smallest absolute Gasteiger partial charge is 0.0178 e. The fourth-order valence-corrected chi connectivity index (χ4v) is 5.96. The van der Waals surface area contributed by atoms with E-state index in [1.165, 1.54) is 164 Å². The zero-order valence-electron chi connectivity index (χ0n) is 25.8. The van der Waals surface area contributed by atoms with Crippen molar-refractivity contribution in [2.24, 2.45) is 0 Å². The topological polar surface area (TPSA) is 0 Å². The van der Waals surface area contributed by atoms with Gasteiger partial charge in [-0.25, -0.2) is 0 Å². The molecule has 0 amide bonds. The van der Waals surface area contributed by atoms with Crippen molar-refractivity contribution in [2.75, 3.05) is 0 Å². The van der Waals surface area contributed by atoms with Crippen LogP contribution in [0.3, 0.4) is 0 Å². The summed E-state index contributed by atoms with van der Waals surface area (Å²) < 4.78 is 0. The van der Waals surface area contributed by atoms with Crippen molar-refractivity contribution in [2.45, 2.75) is 168 Å². The van der Waals surface area contributed by atoms with Gasteiger partial charge >= 0.3 is 0 Å². The highest BCUT2D eigenvalue weighted by molar-refractivity contribution is 5.86. The zero-order chi connectivity index (χ0) is 27.1. The van der Waals surface area contributed by atoms with Crippen LogP contribution in [0.5, 0.6) is 0 Å². The summed E-state index contributed by atoms with van der Waals surface area (Å²) in [6.07, 6.45) is 32.2. The second-order valence-electron chi connectivity index (χ2n) is 11.9. The first-order valence-electron chi connectivity index (χ1n) is 17.0. The van der Waals surface area contributed by atoms with Crippen molar-refractivity contribution >= 4 is 16.3 Å². The van der Waals surface area contributed by atoms with Crippen molar-refractivity contribution in [3.8, 4) is 0 Å². The molecule has 0 atom stereocenters. The van der Waals surface area contributed by atoms with E-state index in [4.69, 9.17) is 0 Å². The molecule has 0 fully saturated rings. The molecule has 214 valence electrons. The maximum Gasteiger partial charge on any atom is -0.0178 e. The minimum absolute atomic E-state index is 1.24. The van der Waals surface area contributed by atoms with Gasteiger partial charge in [-0.1, -0.05) is 172 Å². The lowest BCUT2D eigenvalue weighted by atomic mass is 9.88. The molecule has 0 N–H and O–H groups in total. The van der Waals surface area contributed by atoms with Gasteiger partial charge in [-0.15, -0.1) is 0 Å². The van der Waals surface area contributed by atoms with Gasteiger partial charge < -0.3 is 0 Å². The molecule has 0 heteroatoms. The summed E-state index contributed by atoms with van der Waals surface area (Å²) in [4.78, 5) is 0. The molecular weight excluding hydrogens is 456 g/mol. The summed E-state index contributed by atoms with van der Waals surface area (Å²) in [6, 6.07) is 16.0. The van der Waals surface area contributed by atoms with Crippen molar-refractivity contribution in [1.82, 2.24) is 0 Å². The third-order valence-corrected chi connectivity index (χ3v) is 8.47. The van der Waals surface area contributed by atoms with Crippen molar-refractivity contribution in [1.29, 1.82) is 0 Å². The Morgan fingerprint density at radius 1 is 0.421 bits per heavy atom. The number of allylic oxidation sites excluding steroid dienone is 2. The van der Waals surface area contributed by atoms with Gasteiger partial charge in [-0.3, -0.25) is 0 Å². The van der Waals surface area contributed by atoms with Crippen LogP contribution >= 0.6 is 0 Å². The van der Waals surface area contributed by atoms with E-state index in [1.807, 2.05) is 0 Å². The highest BCUT2D eigenvalue weighted by Gasteiger charge is 2.11. The van der Waals surface area contributed by atoms with Gasteiger partial charge in [0, 0.05) is 0 Å². The predicted molar refractivity (Wildman–Crippen MR) is 174 cm³/mol. The maximum atomic E-state index is 2.46. The van der Waals surface area contributed by atoms with E-state index in [9.17, 15) is 0 Å². The Morgan fingerprint density at radius 2 is 0.868 bits per heavy atom. The molecule has 0 aliphatic rings. The van der Waals surface area contributed by atoms with Crippen LogP contribution in [-0.4, -0.2) is 0 Å². The molecule has 0 spiro atoms. The third kappa shape index (κ3) is 14.0. The summed E-state index contributed by atoms with van der Waals surface area (Å²) in [5.41, 5.74) is 4.92. The van der Waals surface area contributed by atoms with E-state index in [0.29, 0.717) is 0 Å². The molecule has 0 saturated heterocycles. The standard InChI is InChI=1S/C38H62/c1-4-7-10-11-12-13-14-15-16-17-18-19-20-21-22-23-28-35(26-8-5-2)38(30-9-6-3)37-32-31-34-27-24-25-29-36(34)33-37/h24-25,27,29,31-33H,4-23,26,28,30H2,1-3H3. The molecule has 0 bridgehead atoms. The summed E-state index contributed by atoms with van der Waals surface area (Å²) in [6.45, 7) is 6.98. The molecule has 0 saturated carbocycles. The van der Waals surface area contributed by atoms with E-state index < -0.39 is 0 Å². The normalized spacial score (nSPS) is 12.3. The van der Waals surface area contributed by atoms with E-state index in [-0.39, 0.29) is 0 Å². The molecule has 2 aromatic carbocycles. The quantitative estimate of drug-likeness (QED) is 0.121. The zero-order valence-corrected chi connectivity index (χ0v) is 25.8. The van der Waals surface area contributed by atoms with Crippen LogP contribution in [0.1, 0.15) is 174 Å². The SMILES string of the molecule is CCCCCCCCCCCCCCCCCCC(CCCC)=C(CCCC)c1ccc2ccccc2c1. The molecule has 2 rings (SSSR count). The van der Waals surface area contributed by atoms with Crippen molar-refractivity contribution in [3.63, 3.8) is 0 Å². The van der Waals surface area contributed by atoms with Crippen molar-refractivity contribution in [3.05, 3.63) is 53.6 Å². The van der Waals surface area contributed by atoms with Gasteiger partial charge in [0.1, 0.15) is 0 Å². The second kappa shape index (κ2) is 22.3. The van der Waals surface area contributed by atoms with Gasteiger partial charge in [-0.2, -0.15) is 0 Å². The molecule has 0 heterocycles. The van der Waals surface area contributed by atoms with E-state index in [0.717, 1.165) is 0 Å². The van der Waals surface area contributed by atoms with Gasteiger partial charge in [-0.05, 0) is 66.5 Å². The molecule has 0 aromatic heterocycles. The third-order valence-electron chi connectivity index (χ3n) is 8.47. The van der Waals surface area contributed by atoms with Crippen molar-refractivity contribution < 1.29 is 0 Å². The average molecular weight is 519 g/mol. The molecule has 0 aliphatic heterocycles. The van der Waals surface area contributed by atoms with Crippen LogP contribution < -0.4 is 0 Å². The van der Waals surface area contributed by atoms with E-state index in [2.05, 4.69) is 63.2 Å². The largest absolute Gasteiger partial charge is 0.0664 e. The fraction of sp³-hybridized carbons (Fsp3) is 0.684. The first kappa shape index (κ1) is 32.7. The summed E-state index contributed by atoms with van der Waals surface area (Å²) in [5.74, 6) is 0. The van der Waals surface area contributed by atoms with Gasteiger partial charge in [0.05, 0.1) is 0 Å². The van der Waals surface area contributed by atoms with Crippen LogP contribution in [-0.2, 0) is 0 Å². The Kier molecular flexibility index (Phi) is 19.1. The Hall–Kier alpha value is -1.56.